The molecule has 0 radical (unpaired) electrons. The predicted octanol–water partition coefficient (Wildman–Crippen LogP) is -0.0396. The summed E-state index contributed by atoms with van der Waals surface area (Å²) in [5, 5.41) is 14.8. The van der Waals surface area contributed by atoms with Crippen LogP contribution in [-0.2, 0) is 4.74 Å². The number of aliphatic hydroxyl groups excluding tert-OH is 1. The molecule has 3 N–H and O–H groups in total. The van der Waals surface area contributed by atoms with E-state index < -0.39 is 0 Å². The molecular weight excluding hydrogens is 194 g/mol. The maximum atomic E-state index is 8.66. The normalized spacial score (nSPS) is 11.5. The monoisotopic (exact) mass is 217 g/mol. The van der Waals surface area contributed by atoms with E-state index in [0.29, 0.717) is 6.54 Å². The van der Waals surface area contributed by atoms with E-state index in [-0.39, 0.29) is 6.61 Å². The first-order chi connectivity index (χ1) is 7.35. The molecule has 0 saturated carbocycles. The van der Waals surface area contributed by atoms with Gasteiger partial charge in [0.25, 0.3) is 0 Å². The third-order valence-electron chi connectivity index (χ3n) is 1.67. The lowest BCUT2D eigenvalue weighted by Gasteiger charge is -2.09. The average Bonchev–Trinajstić information content (AvgIpc) is 2.25. The van der Waals surface area contributed by atoms with Gasteiger partial charge in [-0.25, -0.2) is 0 Å². The van der Waals surface area contributed by atoms with Crippen molar-refractivity contribution < 1.29 is 9.84 Å². The first-order valence-electron chi connectivity index (χ1n) is 5.55. The third kappa shape index (κ3) is 9.49. The van der Waals surface area contributed by atoms with Crippen LogP contribution in [0.3, 0.4) is 0 Å². The Hall–Kier alpha value is -0.810. The van der Waals surface area contributed by atoms with Gasteiger partial charge in [-0.3, -0.25) is 4.99 Å². The van der Waals surface area contributed by atoms with E-state index in [1.54, 1.807) is 0 Å². The number of hydrogen-bond donors (Lipinski definition) is 3. The highest BCUT2D eigenvalue weighted by Gasteiger charge is 1.94. The second-order valence-electron chi connectivity index (χ2n) is 2.96. The molecule has 0 amide bonds. The van der Waals surface area contributed by atoms with Crippen LogP contribution in [0.2, 0.25) is 0 Å². The minimum atomic E-state index is 0.114. The summed E-state index contributed by atoms with van der Waals surface area (Å²) in [6.45, 7) is 7.70. The Kier molecular flexibility index (Phi) is 10.7. The molecule has 0 aliphatic heterocycles. The molecule has 0 aromatic heterocycles. The van der Waals surface area contributed by atoms with Gasteiger partial charge in [-0.15, -0.1) is 0 Å². The van der Waals surface area contributed by atoms with Crippen molar-refractivity contribution in [1.82, 2.24) is 10.6 Å². The smallest absolute Gasteiger partial charge is 0.191 e. The first-order valence-corrected chi connectivity index (χ1v) is 5.55. The SMILES string of the molecule is CCNC(=NCCCOCC)NCCO. The van der Waals surface area contributed by atoms with E-state index in [2.05, 4.69) is 15.6 Å². The molecule has 5 heteroatoms. The van der Waals surface area contributed by atoms with Crippen LogP contribution in [0.4, 0.5) is 0 Å². The Balaban J connectivity index is 3.63. The second kappa shape index (κ2) is 11.3. The van der Waals surface area contributed by atoms with Crippen molar-refractivity contribution in [2.45, 2.75) is 20.3 Å². The minimum Gasteiger partial charge on any atom is -0.395 e. The first kappa shape index (κ1) is 14.2. The number of nitrogens with one attached hydrogen (secondary N) is 2. The number of aliphatic imine (C=N–C) groups is 1. The molecular formula is C10H23N3O2. The summed E-state index contributed by atoms with van der Waals surface area (Å²) in [6.07, 6.45) is 0.920. The summed E-state index contributed by atoms with van der Waals surface area (Å²) in [5.41, 5.74) is 0. The fraction of sp³-hybridized carbons (Fsp3) is 0.900. The summed E-state index contributed by atoms with van der Waals surface area (Å²) in [6, 6.07) is 0. The van der Waals surface area contributed by atoms with Gasteiger partial charge in [0.15, 0.2) is 5.96 Å². The Labute approximate surface area is 91.9 Å². The predicted molar refractivity (Wildman–Crippen MR) is 62.2 cm³/mol. The number of rotatable bonds is 8. The molecule has 0 unspecified atom stereocenters. The lowest BCUT2D eigenvalue weighted by molar-refractivity contribution is 0.146. The van der Waals surface area contributed by atoms with Crippen molar-refractivity contribution in [2.24, 2.45) is 4.99 Å². The molecule has 0 spiro atoms. The molecule has 0 saturated heterocycles. The molecule has 90 valence electrons. The van der Waals surface area contributed by atoms with Crippen molar-refractivity contribution in [3.8, 4) is 0 Å². The lowest BCUT2D eigenvalue weighted by atomic mass is 10.4. The Morgan fingerprint density at radius 3 is 2.73 bits per heavy atom. The van der Waals surface area contributed by atoms with Gasteiger partial charge in [-0.05, 0) is 20.3 Å². The fourth-order valence-corrected chi connectivity index (χ4v) is 1.02. The van der Waals surface area contributed by atoms with Crippen molar-refractivity contribution in [2.75, 3.05) is 39.5 Å². The molecule has 0 fully saturated rings. The molecule has 0 atom stereocenters. The molecule has 0 aromatic carbocycles. The number of guanidine groups is 1. The van der Waals surface area contributed by atoms with Crippen molar-refractivity contribution in [3.63, 3.8) is 0 Å². The fourth-order valence-electron chi connectivity index (χ4n) is 1.02. The zero-order chi connectivity index (χ0) is 11.4. The standard InChI is InChI=1S/C10H23N3O2/c1-3-11-10(13-7-8-14)12-6-5-9-15-4-2/h14H,3-9H2,1-2H3,(H2,11,12,13). The molecule has 5 nitrogen and oxygen atoms in total. The molecule has 0 bridgehead atoms. The number of aliphatic hydroxyl groups is 1. The lowest BCUT2D eigenvalue weighted by Crippen LogP contribution is -2.38. The minimum absolute atomic E-state index is 0.114. The van der Waals surface area contributed by atoms with Crippen LogP contribution in [0.5, 0.6) is 0 Å². The zero-order valence-electron chi connectivity index (χ0n) is 9.75. The Morgan fingerprint density at radius 1 is 1.33 bits per heavy atom. The molecule has 0 rings (SSSR count). The van der Waals surface area contributed by atoms with E-state index in [1.807, 2.05) is 13.8 Å². The van der Waals surface area contributed by atoms with E-state index >= 15 is 0 Å². The van der Waals surface area contributed by atoms with Crippen molar-refractivity contribution in [1.29, 1.82) is 0 Å². The van der Waals surface area contributed by atoms with E-state index in [9.17, 15) is 0 Å². The summed E-state index contributed by atoms with van der Waals surface area (Å²) in [4.78, 5) is 4.33. The van der Waals surface area contributed by atoms with Crippen LogP contribution in [0, 0.1) is 0 Å². The van der Waals surface area contributed by atoms with E-state index in [0.717, 1.165) is 38.7 Å². The highest BCUT2D eigenvalue weighted by molar-refractivity contribution is 5.79. The van der Waals surface area contributed by atoms with Gasteiger partial charge in [0, 0.05) is 32.8 Å². The van der Waals surface area contributed by atoms with Gasteiger partial charge in [-0.1, -0.05) is 0 Å². The van der Waals surface area contributed by atoms with Crippen LogP contribution in [0.25, 0.3) is 0 Å². The quantitative estimate of drug-likeness (QED) is 0.303. The summed E-state index contributed by atoms with van der Waals surface area (Å²) in [7, 11) is 0. The third-order valence-corrected chi connectivity index (χ3v) is 1.67. The zero-order valence-corrected chi connectivity index (χ0v) is 9.75. The van der Waals surface area contributed by atoms with Gasteiger partial charge in [0.05, 0.1) is 6.61 Å². The molecule has 0 aromatic rings. The highest BCUT2D eigenvalue weighted by Crippen LogP contribution is 1.84. The van der Waals surface area contributed by atoms with Gasteiger partial charge in [0.1, 0.15) is 0 Å². The Morgan fingerprint density at radius 2 is 2.13 bits per heavy atom. The largest absolute Gasteiger partial charge is 0.395 e. The average molecular weight is 217 g/mol. The molecule has 0 aliphatic rings. The van der Waals surface area contributed by atoms with E-state index in [4.69, 9.17) is 9.84 Å². The van der Waals surface area contributed by atoms with Gasteiger partial charge >= 0.3 is 0 Å². The van der Waals surface area contributed by atoms with Crippen LogP contribution in [-0.4, -0.2) is 50.5 Å². The van der Waals surface area contributed by atoms with Crippen LogP contribution < -0.4 is 10.6 Å². The number of nitrogens with zero attached hydrogens (tertiary/aromatic N) is 1. The molecule has 0 heterocycles. The maximum absolute atomic E-state index is 8.66. The van der Waals surface area contributed by atoms with Gasteiger partial charge in [0.2, 0.25) is 0 Å². The van der Waals surface area contributed by atoms with Crippen molar-refractivity contribution >= 4 is 5.96 Å². The second-order valence-corrected chi connectivity index (χ2v) is 2.96. The van der Waals surface area contributed by atoms with E-state index in [1.165, 1.54) is 0 Å². The number of hydrogen-bond acceptors (Lipinski definition) is 3. The van der Waals surface area contributed by atoms with Crippen LogP contribution in [0.15, 0.2) is 4.99 Å². The van der Waals surface area contributed by atoms with Gasteiger partial charge in [-0.2, -0.15) is 0 Å². The maximum Gasteiger partial charge on any atom is 0.191 e. The van der Waals surface area contributed by atoms with Crippen LogP contribution >= 0.6 is 0 Å². The van der Waals surface area contributed by atoms with Crippen LogP contribution in [0.1, 0.15) is 20.3 Å². The summed E-state index contributed by atoms with van der Waals surface area (Å²) < 4.78 is 5.21. The number of ether oxygens (including phenoxy) is 1. The Bertz CT molecular complexity index is 163. The summed E-state index contributed by atoms with van der Waals surface area (Å²) >= 11 is 0. The topological polar surface area (TPSA) is 65.9 Å². The molecule has 15 heavy (non-hydrogen) atoms. The van der Waals surface area contributed by atoms with Crippen molar-refractivity contribution in [3.05, 3.63) is 0 Å². The molecule has 0 aliphatic carbocycles. The van der Waals surface area contributed by atoms with Gasteiger partial charge < -0.3 is 20.5 Å². The highest BCUT2D eigenvalue weighted by atomic mass is 16.5. The summed E-state index contributed by atoms with van der Waals surface area (Å²) in [5.74, 6) is 0.753.